The quantitative estimate of drug-likeness (QED) is 0.766. The first kappa shape index (κ1) is 21.2. The molecule has 2 heterocycles. The summed E-state index contributed by atoms with van der Waals surface area (Å²) in [7, 11) is 0. The molecule has 1 fully saturated rings. The number of ether oxygens (including phenoxy) is 2. The van der Waals surface area contributed by atoms with Gasteiger partial charge in [-0.05, 0) is 18.9 Å². The monoisotopic (exact) mass is 371 g/mol. The molecule has 1 aliphatic rings. The third-order valence-corrected chi connectivity index (χ3v) is 3.40. The zero-order valence-electron chi connectivity index (χ0n) is 11.9. The summed E-state index contributed by atoms with van der Waals surface area (Å²) in [6, 6.07) is 3.37. The van der Waals surface area contributed by atoms with Crippen LogP contribution < -0.4 is 15.8 Å². The van der Waals surface area contributed by atoms with Crippen LogP contribution in [0.1, 0.15) is 12.8 Å². The normalized spacial score (nSPS) is 15.9. The summed E-state index contributed by atoms with van der Waals surface area (Å²) in [5.74, 6) is 0.311. The molecule has 9 heteroatoms. The first-order valence-electron chi connectivity index (χ1n) is 6.49. The second-order valence-electron chi connectivity index (χ2n) is 4.69. The van der Waals surface area contributed by atoms with Gasteiger partial charge in [-0.25, -0.2) is 4.98 Å². The van der Waals surface area contributed by atoms with Crippen LogP contribution in [0.2, 0.25) is 5.02 Å². The largest absolute Gasteiger partial charge is 0.476 e. The molecule has 0 bridgehead atoms. The minimum atomic E-state index is -0.823. The van der Waals surface area contributed by atoms with Gasteiger partial charge in [-0.3, -0.25) is 4.79 Å². The molecule has 3 N–H and O–H groups in total. The Morgan fingerprint density at radius 3 is 2.68 bits per heavy atom. The topological polar surface area (TPSA) is 86.5 Å². The van der Waals surface area contributed by atoms with Crippen molar-refractivity contribution < 1.29 is 14.3 Å². The molecule has 1 aromatic rings. The summed E-state index contributed by atoms with van der Waals surface area (Å²) >= 11 is 5.72. The lowest BCUT2D eigenvalue weighted by molar-refractivity contribution is -0.129. The first-order chi connectivity index (χ1) is 9.60. The third-order valence-electron chi connectivity index (χ3n) is 3.18. The van der Waals surface area contributed by atoms with Crippen LogP contribution in [-0.4, -0.2) is 42.8 Å². The summed E-state index contributed by atoms with van der Waals surface area (Å²) in [6.07, 6.45) is 2.59. The van der Waals surface area contributed by atoms with Crippen LogP contribution in [0.5, 0.6) is 5.88 Å². The Bertz CT molecular complexity index is 454. The molecule has 1 amide bonds. The molecular formula is C13H20Cl3N3O3. The van der Waals surface area contributed by atoms with Gasteiger partial charge in [0.2, 0.25) is 11.8 Å². The van der Waals surface area contributed by atoms with E-state index in [1.165, 1.54) is 6.20 Å². The van der Waals surface area contributed by atoms with Gasteiger partial charge in [-0.15, -0.1) is 24.8 Å². The third kappa shape index (κ3) is 6.14. The molecule has 1 aromatic heterocycles. The Morgan fingerprint density at radius 1 is 1.41 bits per heavy atom. The van der Waals surface area contributed by atoms with E-state index in [2.05, 4.69) is 10.3 Å². The minimum absolute atomic E-state index is 0. The number of nitrogens with two attached hydrogens (primary N) is 1. The van der Waals surface area contributed by atoms with Crippen LogP contribution in [-0.2, 0) is 9.53 Å². The van der Waals surface area contributed by atoms with E-state index in [-0.39, 0.29) is 30.7 Å². The molecule has 0 unspecified atom stereocenters. The maximum atomic E-state index is 12.0. The highest BCUT2D eigenvalue weighted by Crippen LogP contribution is 2.17. The Balaban J connectivity index is 0.00000220. The summed E-state index contributed by atoms with van der Waals surface area (Å²) in [6.45, 7) is 1.75. The van der Waals surface area contributed by atoms with E-state index in [1.54, 1.807) is 12.1 Å². The number of nitrogens with zero attached hydrogens (tertiary/aromatic N) is 1. The van der Waals surface area contributed by atoms with Crippen LogP contribution in [0.15, 0.2) is 18.3 Å². The molecule has 0 aromatic carbocycles. The van der Waals surface area contributed by atoms with Gasteiger partial charge >= 0.3 is 0 Å². The van der Waals surface area contributed by atoms with E-state index in [0.717, 1.165) is 0 Å². The molecule has 1 aliphatic heterocycles. The van der Waals surface area contributed by atoms with Gasteiger partial charge in [-0.2, -0.15) is 0 Å². The number of pyridine rings is 1. The van der Waals surface area contributed by atoms with E-state index in [1.807, 2.05) is 0 Å². The molecule has 126 valence electrons. The number of carbonyl (C=O) groups is 1. The maximum absolute atomic E-state index is 12.0. The highest BCUT2D eigenvalue weighted by Gasteiger charge is 2.35. The molecule has 1 saturated heterocycles. The van der Waals surface area contributed by atoms with Crippen molar-refractivity contribution in [1.82, 2.24) is 10.3 Å². The molecule has 0 saturated carbocycles. The van der Waals surface area contributed by atoms with E-state index in [0.29, 0.717) is 50.1 Å². The van der Waals surface area contributed by atoms with Gasteiger partial charge < -0.3 is 20.5 Å². The molecule has 22 heavy (non-hydrogen) atoms. The fourth-order valence-electron chi connectivity index (χ4n) is 1.91. The SMILES string of the molecule is Cl.Cl.NC1(C(=O)NCCOc2ccc(Cl)cn2)CCOCC1. The number of halogens is 3. The highest BCUT2D eigenvalue weighted by molar-refractivity contribution is 6.30. The Kier molecular flexibility index (Phi) is 9.71. The van der Waals surface area contributed by atoms with Crippen molar-refractivity contribution in [2.24, 2.45) is 5.73 Å². The van der Waals surface area contributed by atoms with Gasteiger partial charge in [0.25, 0.3) is 0 Å². The molecular weight excluding hydrogens is 353 g/mol. The Hall–Kier alpha value is -0.790. The van der Waals surface area contributed by atoms with Crippen molar-refractivity contribution in [3.8, 4) is 5.88 Å². The van der Waals surface area contributed by atoms with Crippen molar-refractivity contribution in [2.75, 3.05) is 26.4 Å². The number of rotatable bonds is 5. The second kappa shape index (κ2) is 10.1. The molecule has 0 atom stereocenters. The fourth-order valence-corrected chi connectivity index (χ4v) is 2.02. The summed E-state index contributed by atoms with van der Waals surface area (Å²) in [4.78, 5) is 16.0. The van der Waals surface area contributed by atoms with Crippen LogP contribution in [0, 0.1) is 0 Å². The smallest absolute Gasteiger partial charge is 0.240 e. The van der Waals surface area contributed by atoms with Crippen LogP contribution >= 0.6 is 36.4 Å². The summed E-state index contributed by atoms with van der Waals surface area (Å²) in [5.41, 5.74) is 5.23. The molecule has 6 nitrogen and oxygen atoms in total. The summed E-state index contributed by atoms with van der Waals surface area (Å²) in [5, 5.41) is 3.33. The van der Waals surface area contributed by atoms with Crippen LogP contribution in [0.25, 0.3) is 0 Å². The standard InChI is InChI=1S/C13H18ClN3O3.2ClH/c14-10-1-2-11(17-9-10)20-8-5-16-12(18)13(15)3-6-19-7-4-13;;/h1-2,9H,3-8,15H2,(H,16,18);2*1H. The molecule has 0 aliphatic carbocycles. The summed E-state index contributed by atoms with van der Waals surface area (Å²) < 4.78 is 10.6. The van der Waals surface area contributed by atoms with E-state index < -0.39 is 5.54 Å². The maximum Gasteiger partial charge on any atom is 0.240 e. The Morgan fingerprint density at radius 2 is 2.09 bits per heavy atom. The zero-order chi connectivity index (χ0) is 14.4. The number of hydrogen-bond donors (Lipinski definition) is 2. The van der Waals surface area contributed by atoms with E-state index in [4.69, 9.17) is 26.8 Å². The van der Waals surface area contributed by atoms with Gasteiger partial charge in [0.15, 0.2) is 0 Å². The van der Waals surface area contributed by atoms with Crippen LogP contribution in [0.4, 0.5) is 0 Å². The van der Waals surface area contributed by atoms with Crippen molar-refractivity contribution in [3.05, 3.63) is 23.4 Å². The lowest BCUT2D eigenvalue weighted by atomic mass is 9.90. The van der Waals surface area contributed by atoms with E-state index in [9.17, 15) is 4.79 Å². The van der Waals surface area contributed by atoms with Gasteiger partial charge in [0, 0.05) is 25.5 Å². The molecule has 2 rings (SSSR count). The highest BCUT2D eigenvalue weighted by atomic mass is 35.5. The predicted octanol–water partition coefficient (Wildman–Crippen LogP) is 1.58. The lowest BCUT2D eigenvalue weighted by Crippen LogP contribution is -2.57. The number of carbonyl (C=O) groups excluding carboxylic acids is 1. The van der Waals surface area contributed by atoms with Crippen molar-refractivity contribution >= 4 is 42.3 Å². The van der Waals surface area contributed by atoms with Gasteiger partial charge in [0.05, 0.1) is 17.1 Å². The fraction of sp³-hybridized carbons (Fsp3) is 0.538. The van der Waals surface area contributed by atoms with Crippen LogP contribution in [0.3, 0.4) is 0 Å². The van der Waals surface area contributed by atoms with Gasteiger partial charge in [-0.1, -0.05) is 11.6 Å². The van der Waals surface area contributed by atoms with Crippen molar-refractivity contribution in [3.63, 3.8) is 0 Å². The lowest BCUT2D eigenvalue weighted by Gasteiger charge is -2.31. The van der Waals surface area contributed by atoms with Gasteiger partial charge in [0.1, 0.15) is 6.61 Å². The van der Waals surface area contributed by atoms with Crippen molar-refractivity contribution in [2.45, 2.75) is 18.4 Å². The minimum Gasteiger partial charge on any atom is -0.476 e. The predicted molar refractivity (Wildman–Crippen MR) is 89.2 cm³/mol. The first-order valence-corrected chi connectivity index (χ1v) is 6.87. The number of aromatic nitrogens is 1. The Labute approximate surface area is 146 Å². The number of hydrogen-bond acceptors (Lipinski definition) is 5. The average Bonchev–Trinajstić information content (AvgIpc) is 2.46. The molecule has 0 spiro atoms. The number of amides is 1. The average molecular weight is 373 g/mol. The zero-order valence-corrected chi connectivity index (χ0v) is 14.3. The second-order valence-corrected chi connectivity index (χ2v) is 5.12. The number of nitrogens with one attached hydrogen (secondary N) is 1. The van der Waals surface area contributed by atoms with E-state index >= 15 is 0 Å². The molecule has 0 radical (unpaired) electrons. The van der Waals surface area contributed by atoms with Crippen molar-refractivity contribution in [1.29, 1.82) is 0 Å².